The molecule has 2 fully saturated rings. The van der Waals surface area contributed by atoms with Crippen LogP contribution in [0, 0.1) is 19.8 Å². The fourth-order valence-corrected chi connectivity index (χ4v) is 5.42. The highest BCUT2D eigenvalue weighted by molar-refractivity contribution is 7.15. The van der Waals surface area contributed by atoms with Crippen LogP contribution in [0.1, 0.15) is 46.7 Å². The number of carbonyl (C=O) groups excluding carboxylic acids is 2. The minimum atomic E-state index is -0.509. The van der Waals surface area contributed by atoms with E-state index in [9.17, 15) is 9.59 Å². The summed E-state index contributed by atoms with van der Waals surface area (Å²) in [7, 11) is 0. The van der Waals surface area contributed by atoms with E-state index < -0.39 is 11.9 Å². The van der Waals surface area contributed by atoms with Crippen molar-refractivity contribution in [2.45, 2.75) is 51.6 Å². The monoisotopic (exact) mass is 369 g/mol. The lowest BCUT2D eigenvalue weighted by atomic mass is 10.0. The predicted molar refractivity (Wildman–Crippen MR) is 102 cm³/mol. The average Bonchev–Trinajstić information content (AvgIpc) is 3.27. The van der Waals surface area contributed by atoms with Gasteiger partial charge in [-0.05, 0) is 44.6 Å². The Hall–Kier alpha value is -2.21. The zero-order valence-electron chi connectivity index (χ0n) is 15.1. The maximum Gasteiger partial charge on any atom is 0.274 e. The molecule has 26 heavy (non-hydrogen) atoms. The van der Waals surface area contributed by atoms with Gasteiger partial charge in [0, 0.05) is 6.04 Å². The standard InChI is InChI=1S/C20H23N3O2S/c1-11-5-3-7-14(9-11)18-17(22-12(2)26-18)20(25)23-15-8-4-6-13(15)10-16(23)19(21)24/h3,5,7,9,13,15-16H,4,6,8,10H2,1-2H3,(H2,21,24)/t13-,15-,16-/m0/s1. The van der Waals surface area contributed by atoms with Crippen molar-refractivity contribution in [2.24, 2.45) is 11.7 Å². The number of thiazole rings is 1. The molecule has 0 spiro atoms. The van der Waals surface area contributed by atoms with Crippen molar-refractivity contribution < 1.29 is 9.59 Å². The molecule has 2 N–H and O–H groups in total. The van der Waals surface area contributed by atoms with Gasteiger partial charge in [-0.3, -0.25) is 9.59 Å². The molecule has 3 atom stereocenters. The van der Waals surface area contributed by atoms with Gasteiger partial charge in [0.15, 0.2) is 0 Å². The number of hydrogen-bond donors (Lipinski definition) is 1. The summed E-state index contributed by atoms with van der Waals surface area (Å²) in [5.74, 6) is -0.167. The number of nitrogens with two attached hydrogens (primary N) is 1. The second kappa shape index (κ2) is 6.50. The normalized spacial score (nSPS) is 24.7. The van der Waals surface area contributed by atoms with Crippen LogP contribution < -0.4 is 5.73 Å². The summed E-state index contributed by atoms with van der Waals surface area (Å²) in [5.41, 5.74) is 8.22. The van der Waals surface area contributed by atoms with Gasteiger partial charge in [0.25, 0.3) is 5.91 Å². The van der Waals surface area contributed by atoms with Crippen LogP contribution in [-0.2, 0) is 4.79 Å². The van der Waals surface area contributed by atoms with Gasteiger partial charge in [-0.1, -0.05) is 36.2 Å². The summed E-state index contributed by atoms with van der Waals surface area (Å²) in [6.07, 6.45) is 3.81. The molecule has 0 unspecified atom stereocenters. The van der Waals surface area contributed by atoms with Crippen LogP contribution >= 0.6 is 11.3 Å². The summed E-state index contributed by atoms with van der Waals surface area (Å²) in [6.45, 7) is 3.94. The number of nitrogens with zero attached hydrogens (tertiary/aromatic N) is 2. The van der Waals surface area contributed by atoms with E-state index in [1.54, 1.807) is 4.90 Å². The summed E-state index contributed by atoms with van der Waals surface area (Å²) in [6, 6.07) is 7.70. The first-order chi connectivity index (χ1) is 12.5. The van der Waals surface area contributed by atoms with Gasteiger partial charge < -0.3 is 10.6 Å². The molecule has 136 valence electrons. The van der Waals surface area contributed by atoms with Crippen molar-refractivity contribution in [2.75, 3.05) is 0 Å². The zero-order chi connectivity index (χ0) is 18.4. The third-order valence-corrected chi connectivity index (χ3v) is 6.64. The molecule has 2 aliphatic rings. The van der Waals surface area contributed by atoms with E-state index in [0.29, 0.717) is 18.0 Å². The number of amides is 2. The SMILES string of the molecule is Cc1cccc(-c2sc(C)nc2C(=O)N2[C@H](C(N)=O)C[C@@H]3CCC[C@@H]32)c1. The van der Waals surface area contributed by atoms with Crippen molar-refractivity contribution >= 4 is 23.2 Å². The Morgan fingerprint density at radius 2 is 2.08 bits per heavy atom. The molecule has 2 amide bonds. The Kier molecular flexibility index (Phi) is 4.31. The number of aromatic nitrogens is 1. The van der Waals surface area contributed by atoms with Crippen LogP contribution in [-0.4, -0.2) is 33.8 Å². The summed E-state index contributed by atoms with van der Waals surface area (Å²) in [4.78, 5) is 32.6. The molecule has 1 aromatic carbocycles. The van der Waals surface area contributed by atoms with E-state index in [4.69, 9.17) is 5.73 Å². The number of likely N-dealkylation sites (tertiary alicyclic amines) is 1. The van der Waals surface area contributed by atoms with E-state index in [1.807, 2.05) is 32.0 Å². The smallest absolute Gasteiger partial charge is 0.274 e. The van der Waals surface area contributed by atoms with Crippen molar-refractivity contribution in [3.05, 3.63) is 40.5 Å². The first kappa shape index (κ1) is 17.2. The quantitative estimate of drug-likeness (QED) is 0.902. The molecule has 1 saturated carbocycles. The third-order valence-electron chi connectivity index (χ3n) is 5.62. The number of hydrogen-bond acceptors (Lipinski definition) is 4. The average molecular weight is 369 g/mol. The topological polar surface area (TPSA) is 76.3 Å². The molecule has 5 nitrogen and oxygen atoms in total. The molecule has 2 heterocycles. The van der Waals surface area contributed by atoms with Crippen LogP contribution in [0.25, 0.3) is 10.4 Å². The minimum absolute atomic E-state index is 0.118. The van der Waals surface area contributed by atoms with Crippen LogP contribution in [0.3, 0.4) is 0 Å². The van der Waals surface area contributed by atoms with E-state index in [0.717, 1.165) is 40.3 Å². The summed E-state index contributed by atoms with van der Waals surface area (Å²) >= 11 is 1.52. The number of rotatable bonds is 3. The molecular formula is C20H23N3O2S. The van der Waals surface area contributed by atoms with Gasteiger partial charge in [-0.25, -0.2) is 4.98 Å². The molecule has 0 bridgehead atoms. The fourth-order valence-electron chi connectivity index (χ4n) is 4.51. The van der Waals surface area contributed by atoms with Crippen LogP contribution in [0.15, 0.2) is 24.3 Å². The van der Waals surface area contributed by atoms with Gasteiger partial charge in [-0.2, -0.15) is 0 Å². The maximum absolute atomic E-state index is 13.5. The first-order valence-corrected chi connectivity index (χ1v) is 9.94. The number of primary amides is 1. The van der Waals surface area contributed by atoms with Crippen molar-refractivity contribution in [3.63, 3.8) is 0 Å². The molecule has 2 aromatic rings. The molecule has 4 rings (SSSR count). The van der Waals surface area contributed by atoms with Crippen LogP contribution in [0.2, 0.25) is 0 Å². The molecule has 0 radical (unpaired) electrons. The summed E-state index contributed by atoms with van der Waals surface area (Å²) < 4.78 is 0. The van der Waals surface area contributed by atoms with Crippen LogP contribution in [0.5, 0.6) is 0 Å². The van der Waals surface area contributed by atoms with Crippen molar-refractivity contribution in [1.82, 2.24) is 9.88 Å². The molecular weight excluding hydrogens is 346 g/mol. The number of benzene rings is 1. The molecule has 6 heteroatoms. The molecule has 1 aliphatic carbocycles. The van der Waals surface area contributed by atoms with Gasteiger partial charge >= 0.3 is 0 Å². The minimum Gasteiger partial charge on any atom is -0.368 e. The van der Waals surface area contributed by atoms with E-state index in [2.05, 4.69) is 11.1 Å². The molecule has 1 aromatic heterocycles. The van der Waals surface area contributed by atoms with E-state index in [1.165, 1.54) is 11.3 Å². The fraction of sp³-hybridized carbons (Fsp3) is 0.450. The Morgan fingerprint density at radius 3 is 2.81 bits per heavy atom. The second-order valence-corrected chi connectivity index (χ2v) is 8.61. The van der Waals surface area contributed by atoms with Gasteiger partial charge in [0.1, 0.15) is 11.7 Å². The lowest BCUT2D eigenvalue weighted by Gasteiger charge is -2.28. The highest BCUT2D eigenvalue weighted by atomic mass is 32.1. The Morgan fingerprint density at radius 1 is 1.27 bits per heavy atom. The second-order valence-electron chi connectivity index (χ2n) is 7.40. The third kappa shape index (κ3) is 2.82. The first-order valence-electron chi connectivity index (χ1n) is 9.12. The Bertz CT molecular complexity index is 876. The Balaban J connectivity index is 1.75. The Labute approximate surface area is 157 Å². The zero-order valence-corrected chi connectivity index (χ0v) is 15.9. The molecule has 1 aliphatic heterocycles. The molecule has 1 saturated heterocycles. The largest absolute Gasteiger partial charge is 0.368 e. The lowest BCUT2D eigenvalue weighted by molar-refractivity contribution is -0.122. The van der Waals surface area contributed by atoms with Crippen LogP contribution in [0.4, 0.5) is 0 Å². The van der Waals surface area contributed by atoms with Gasteiger partial charge in [0.05, 0.1) is 9.88 Å². The number of fused-ring (bicyclic) bond motifs is 1. The highest BCUT2D eigenvalue weighted by Crippen LogP contribution is 2.43. The van der Waals surface area contributed by atoms with Crippen molar-refractivity contribution in [1.29, 1.82) is 0 Å². The predicted octanol–water partition coefficient (Wildman–Crippen LogP) is 3.30. The summed E-state index contributed by atoms with van der Waals surface area (Å²) in [5, 5.41) is 0.850. The van der Waals surface area contributed by atoms with E-state index in [-0.39, 0.29) is 11.9 Å². The highest BCUT2D eigenvalue weighted by Gasteiger charge is 2.48. The van der Waals surface area contributed by atoms with Gasteiger partial charge in [0.2, 0.25) is 5.91 Å². The van der Waals surface area contributed by atoms with Gasteiger partial charge in [-0.15, -0.1) is 11.3 Å². The number of carbonyl (C=O) groups is 2. The van der Waals surface area contributed by atoms with Crippen molar-refractivity contribution in [3.8, 4) is 10.4 Å². The lowest BCUT2D eigenvalue weighted by Crippen LogP contribution is -2.47. The number of aryl methyl sites for hydroxylation is 2. The van der Waals surface area contributed by atoms with E-state index >= 15 is 0 Å². The maximum atomic E-state index is 13.5.